The Hall–Kier alpha value is -4.58. The number of ether oxygens (including phenoxy) is 2. The van der Waals surface area contributed by atoms with Crippen LogP contribution in [0.1, 0.15) is 17.0 Å². The molecule has 2 aromatic carbocycles. The van der Waals surface area contributed by atoms with Crippen LogP contribution in [0.3, 0.4) is 0 Å². The summed E-state index contributed by atoms with van der Waals surface area (Å²) in [6, 6.07) is 15.1. The Kier molecular flexibility index (Phi) is 8.21. The standard InChI is InChI=1S/C25H27N9O2S/c1-16-9-17(2)29-23(28-16)32-24(30-19-7-5-18(6-8-19)13-34-15-26-14-27-34)33-25(37)31-20-10-21(35-3)12-22(11-20)36-4/h5-12,14-15H,13H2,1-4H3,(H3,28,29,30,31,32,33,37). The zero-order valence-electron chi connectivity index (χ0n) is 20.9. The smallest absolute Gasteiger partial charge is 0.229 e. The largest absolute Gasteiger partial charge is 0.497 e. The van der Waals surface area contributed by atoms with Crippen LogP contribution >= 0.6 is 12.2 Å². The van der Waals surface area contributed by atoms with E-state index in [1.165, 1.54) is 6.33 Å². The highest BCUT2D eigenvalue weighted by molar-refractivity contribution is 7.80. The van der Waals surface area contributed by atoms with Crippen molar-refractivity contribution >= 4 is 40.6 Å². The molecule has 0 radical (unpaired) electrons. The van der Waals surface area contributed by atoms with Crippen LogP contribution in [0.5, 0.6) is 11.5 Å². The van der Waals surface area contributed by atoms with Crippen LogP contribution in [0.2, 0.25) is 0 Å². The Bertz CT molecular complexity index is 1350. The number of aromatic nitrogens is 5. The minimum absolute atomic E-state index is 0.206. The predicted octanol–water partition coefficient (Wildman–Crippen LogP) is 4.03. The Morgan fingerprint density at radius 1 is 0.892 bits per heavy atom. The Balaban J connectivity index is 1.55. The average molecular weight is 518 g/mol. The molecule has 2 heterocycles. The molecule has 0 saturated carbocycles. The number of thiocarbonyl (C=S) groups is 1. The fraction of sp³-hybridized carbons (Fsp3) is 0.200. The molecule has 0 aliphatic carbocycles. The SMILES string of the molecule is COc1cc(NC(=S)/N=C(\Nc2ccc(Cn3cncn3)cc2)Nc2nc(C)cc(C)n2)cc(OC)c1. The third kappa shape index (κ3) is 7.45. The van der Waals surface area contributed by atoms with E-state index < -0.39 is 0 Å². The monoisotopic (exact) mass is 517 g/mol. The van der Waals surface area contributed by atoms with Crippen molar-refractivity contribution in [2.24, 2.45) is 4.99 Å². The van der Waals surface area contributed by atoms with Crippen LogP contribution in [0.4, 0.5) is 17.3 Å². The third-order valence-electron chi connectivity index (χ3n) is 5.06. The summed E-state index contributed by atoms with van der Waals surface area (Å²) in [6.07, 6.45) is 3.19. The maximum atomic E-state index is 5.52. The van der Waals surface area contributed by atoms with Crippen LogP contribution in [-0.2, 0) is 6.54 Å². The molecule has 11 nitrogen and oxygen atoms in total. The number of rotatable bonds is 7. The number of hydrogen-bond donors (Lipinski definition) is 3. The zero-order valence-corrected chi connectivity index (χ0v) is 21.7. The van der Waals surface area contributed by atoms with Gasteiger partial charge >= 0.3 is 0 Å². The van der Waals surface area contributed by atoms with E-state index >= 15 is 0 Å². The van der Waals surface area contributed by atoms with Crippen molar-refractivity contribution in [3.05, 3.63) is 78.1 Å². The Labute approximate surface area is 220 Å². The van der Waals surface area contributed by atoms with Crippen LogP contribution in [-0.4, -0.2) is 50.0 Å². The molecule has 37 heavy (non-hydrogen) atoms. The van der Waals surface area contributed by atoms with Crippen molar-refractivity contribution in [2.75, 3.05) is 30.2 Å². The van der Waals surface area contributed by atoms with Crippen LogP contribution < -0.4 is 25.4 Å². The maximum absolute atomic E-state index is 5.52. The number of methoxy groups -OCH3 is 2. The molecule has 0 amide bonds. The van der Waals surface area contributed by atoms with Gasteiger partial charge in [0.15, 0.2) is 0 Å². The molecule has 4 rings (SSSR count). The van der Waals surface area contributed by atoms with Crippen LogP contribution in [0.15, 0.2) is 66.2 Å². The Morgan fingerprint density at radius 3 is 2.16 bits per heavy atom. The number of nitrogens with zero attached hydrogens (tertiary/aromatic N) is 6. The van der Waals surface area contributed by atoms with Crippen molar-refractivity contribution < 1.29 is 9.47 Å². The molecule has 0 aliphatic rings. The quantitative estimate of drug-likeness (QED) is 0.188. The molecule has 0 fully saturated rings. The second-order valence-electron chi connectivity index (χ2n) is 8.01. The highest BCUT2D eigenvalue weighted by Gasteiger charge is 2.09. The first-order chi connectivity index (χ1) is 17.9. The van der Waals surface area contributed by atoms with Crippen molar-refractivity contribution in [1.82, 2.24) is 24.7 Å². The minimum Gasteiger partial charge on any atom is -0.497 e. The minimum atomic E-state index is 0.206. The van der Waals surface area contributed by atoms with E-state index in [4.69, 9.17) is 21.7 Å². The van der Waals surface area contributed by atoms with E-state index in [0.717, 1.165) is 22.6 Å². The lowest BCUT2D eigenvalue weighted by molar-refractivity contribution is 0.395. The van der Waals surface area contributed by atoms with Gasteiger partial charge in [-0.25, -0.2) is 19.6 Å². The van der Waals surface area contributed by atoms with Gasteiger partial charge in [0.2, 0.25) is 17.0 Å². The summed E-state index contributed by atoms with van der Waals surface area (Å²) >= 11 is 5.52. The first-order valence-electron chi connectivity index (χ1n) is 11.3. The fourth-order valence-corrected chi connectivity index (χ4v) is 3.65. The second-order valence-corrected chi connectivity index (χ2v) is 8.39. The molecule has 12 heteroatoms. The number of aliphatic imine (C=N–C) groups is 1. The molecule has 190 valence electrons. The predicted molar refractivity (Wildman–Crippen MR) is 148 cm³/mol. The van der Waals surface area contributed by atoms with E-state index in [1.807, 2.05) is 44.2 Å². The highest BCUT2D eigenvalue weighted by Crippen LogP contribution is 2.26. The van der Waals surface area contributed by atoms with Gasteiger partial charge in [-0.1, -0.05) is 12.1 Å². The number of nitrogens with one attached hydrogen (secondary N) is 3. The fourth-order valence-electron chi connectivity index (χ4n) is 3.44. The number of benzene rings is 2. The molecule has 0 aliphatic heterocycles. The van der Waals surface area contributed by atoms with Gasteiger partial charge in [0.1, 0.15) is 24.2 Å². The van der Waals surface area contributed by atoms with Crippen LogP contribution in [0, 0.1) is 13.8 Å². The van der Waals surface area contributed by atoms with Crippen LogP contribution in [0.25, 0.3) is 0 Å². The van der Waals surface area contributed by atoms with E-state index in [9.17, 15) is 0 Å². The average Bonchev–Trinajstić information content (AvgIpc) is 3.37. The molecular weight excluding hydrogens is 490 g/mol. The molecular formula is C25H27N9O2S. The third-order valence-corrected chi connectivity index (χ3v) is 5.25. The summed E-state index contributed by atoms with van der Waals surface area (Å²) in [6.45, 7) is 4.43. The Morgan fingerprint density at radius 2 is 1.57 bits per heavy atom. The van der Waals surface area contributed by atoms with Gasteiger partial charge in [-0.05, 0) is 49.8 Å². The van der Waals surface area contributed by atoms with Gasteiger partial charge in [-0.3, -0.25) is 5.32 Å². The summed E-state index contributed by atoms with van der Waals surface area (Å²) in [5.41, 5.74) is 4.20. The van der Waals surface area contributed by atoms with E-state index in [0.29, 0.717) is 35.6 Å². The summed E-state index contributed by atoms with van der Waals surface area (Å²) in [4.78, 5) is 17.4. The maximum Gasteiger partial charge on any atom is 0.229 e. The topological polar surface area (TPSA) is 123 Å². The molecule has 2 aromatic heterocycles. The van der Waals surface area contributed by atoms with E-state index in [2.05, 4.69) is 41.0 Å². The second kappa shape index (κ2) is 11.9. The number of anilines is 3. The number of aryl methyl sites for hydroxylation is 2. The van der Waals surface area contributed by atoms with Crippen molar-refractivity contribution in [3.8, 4) is 11.5 Å². The van der Waals surface area contributed by atoms with Gasteiger partial charge in [-0.15, -0.1) is 0 Å². The number of hydrogen-bond acceptors (Lipinski definition) is 7. The summed E-state index contributed by atoms with van der Waals surface area (Å²) in [5.74, 6) is 2.00. The molecule has 3 N–H and O–H groups in total. The molecule has 0 spiro atoms. The van der Waals surface area contributed by atoms with Crippen molar-refractivity contribution in [2.45, 2.75) is 20.4 Å². The van der Waals surface area contributed by atoms with E-state index in [-0.39, 0.29) is 5.11 Å². The molecule has 0 saturated heterocycles. The summed E-state index contributed by atoms with van der Waals surface area (Å²) < 4.78 is 12.4. The van der Waals surface area contributed by atoms with Gasteiger partial charge in [-0.2, -0.15) is 10.1 Å². The molecule has 0 unspecified atom stereocenters. The molecule has 4 aromatic rings. The molecule has 0 bridgehead atoms. The summed E-state index contributed by atoms with van der Waals surface area (Å²) in [5, 5.41) is 13.8. The summed E-state index contributed by atoms with van der Waals surface area (Å²) in [7, 11) is 3.17. The van der Waals surface area contributed by atoms with Gasteiger partial charge < -0.3 is 20.1 Å². The van der Waals surface area contributed by atoms with Gasteiger partial charge in [0.25, 0.3) is 0 Å². The van der Waals surface area contributed by atoms with Crippen molar-refractivity contribution in [3.63, 3.8) is 0 Å². The van der Waals surface area contributed by atoms with Gasteiger partial charge in [0.05, 0.1) is 20.8 Å². The lowest BCUT2D eigenvalue weighted by Crippen LogP contribution is -2.26. The van der Waals surface area contributed by atoms with E-state index in [1.54, 1.807) is 43.4 Å². The first kappa shape index (κ1) is 25.5. The normalized spacial score (nSPS) is 11.1. The van der Waals surface area contributed by atoms with Crippen molar-refractivity contribution in [1.29, 1.82) is 0 Å². The zero-order chi connectivity index (χ0) is 26.2. The first-order valence-corrected chi connectivity index (χ1v) is 11.7. The van der Waals surface area contributed by atoms with Gasteiger partial charge in [0, 0.05) is 41.0 Å². The number of guanidine groups is 1. The molecule has 0 atom stereocenters. The lowest BCUT2D eigenvalue weighted by Gasteiger charge is -2.14. The highest BCUT2D eigenvalue weighted by atomic mass is 32.1. The lowest BCUT2D eigenvalue weighted by atomic mass is 10.2.